The van der Waals surface area contributed by atoms with Crippen molar-refractivity contribution in [3.8, 4) is 0 Å². The van der Waals surface area contributed by atoms with Crippen LogP contribution in [0.2, 0.25) is 0 Å². The fourth-order valence-corrected chi connectivity index (χ4v) is 1.93. The average molecular weight is 327 g/mol. The van der Waals surface area contributed by atoms with Crippen LogP contribution in [0.1, 0.15) is 65.2 Å². The first-order valence-corrected chi connectivity index (χ1v) is 9.16. The molecule has 0 saturated carbocycles. The fourth-order valence-electron chi connectivity index (χ4n) is 1.93. The molecule has 0 aromatic heterocycles. The normalized spacial score (nSPS) is 13.1. The van der Waals surface area contributed by atoms with Crippen LogP contribution in [0, 0.1) is 0 Å². The molecular weight excluding hydrogens is 292 g/mol. The average Bonchev–Trinajstić information content (AvgIpc) is 2.56. The van der Waals surface area contributed by atoms with Gasteiger partial charge in [-0.3, -0.25) is 0 Å². The fraction of sp³-hybridized carbons (Fsp3) is 0.435. The van der Waals surface area contributed by atoms with E-state index in [0.717, 1.165) is 44.9 Å². The lowest BCUT2D eigenvalue weighted by molar-refractivity contribution is -0.116. The van der Waals surface area contributed by atoms with E-state index in [0.29, 0.717) is 6.42 Å². The van der Waals surface area contributed by atoms with Gasteiger partial charge in [0.05, 0.1) is 0 Å². The van der Waals surface area contributed by atoms with E-state index in [4.69, 9.17) is 0 Å². The largest absolute Gasteiger partial charge is 0.300 e. The number of carbonyl (C=O) groups excluding carboxylic acids is 1. The van der Waals surface area contributed by atoms with Gasteiger partial charge in [0.25, 0.3) is 0 Å². The van der Waals surface area contributed by atoms with Gasteiger partial charge < -0.3 is 4.79 Å². The molecule has 0 rings (SSSR count). The lowest BCUT2D eigenvalue weighted by Gasteiger charge is -1.87. The minimum Gasteiger partial charge on any atom is -0.300 e. The molecule has 0 aromatic rings. The Labute approximate surface area is 149 Å². The van der Waals surface area contributed by atoms with Crippen molar-refractivity contribution in [2.75, 3.05) is 0 Å². The van der Waals surface area contributed by atoms with Crippen LogP contribution < -0.4 is 0 Å². The first kappa shape index (κ1) is 22.1. The van der Waals surface area contributed by atoms with E-state index in [2.05, 4.69) is 79.8 Å². The summed E-state index contributed by atoms with van der Waals surface area (Å²) in [6.45, 7) is 3.79. The van der Waals surface area contributed by atoms with E-state index in [1.165, 1.54) is 0 Å². The van der Waals surface area contributed by atoms with Gasteiger partial charge in [0.2, 0.25) is 0 Å². The second-order valence-corrected chi connectivity index (χ2v) is 5.66. The molecule has 1 heteroatoms. The predicted molar refractivity (Wildman–Crippen MR) is 108 cm³/mol. The summed E-state index contributed by atoms with van der Waals surface area (Å²) in [5.74, 6) is 0.259. The number of rotatable bonds is 14. The molecule has 0 aliphatic rings. The third kappa shape index (κ3) is 20.1. The van der Waals surface area contributed by atoms with E-state index in [9.17, 15) is 4.79 Å². The van der Waals surface area contributed by atoms with Gasteiger partial charge in [-0.1, -0.05) is 79.8 Å². The van der Waals surface area contributed by atoms with Gasteiger partial charge in [0, 0.05) is 6.42 Å². The van der Waals surface area contributed by atoms with Crippen LogP contribution in [-0.4, -0.2) is 5.78 Å². The molecule has 0 unspecified atom stereocenters. The highest BCUT2D eigenvalue weighted by atomic mass is 16.1. The Kier molecular flexibility index (Phi) is 17.6. The van der Waals surface area contributed by atoms with E-state index < -0.39 is 0 Å². The second-order valence-electron chi connectivity index (χ2n) is 5.66. The molecule has 0 bridgehead atoms. The Balaban J connectivity index is 3.51. The van der Waals surface area contributed by atoms with Crippen molar-refractivity contribution in [2.45, 2.75) is 65.2 Å². The van der Waals surface area contributed by atoms with Crippen molar-refractivity contribution in [2.24, 2.45) is 0 Å². The predicted octanol–water partition coefficient (Wildman–Crippen LogP) is 7.05. The van der Waals surface area contributed by atoms with Crippen molar-refractivity contribution in [1.29, 1.82) is 0 Å². The SMILES string of the molecule is CCC=CCC=CCC=CCC=CCC=CCC=CCCC(C)=O. The van der Waals surface area contributed by atoms with Crippen LogP contribution in [0.15, 0.2) is 72.9 Å². The molecule has 0 N–H and O–H groups in total. The monoisotopic (exact) mass is 326 g/mol. The molecule has 0 saturated heterocycles. The third-order valence-corrected chi connectivity index (χ3v) is 3.26. The molecule has 0 atom stereocenters. The lowest BCUT2D eigenvalue weighted by atomic mass is 10.2. The Bertz CT molecular complexity index is 458. The van der Waals surface area contributed by atoms with Crippen molar-refractivity contribution in [3.05, 3.63) is 72.9 Å². The van der Waals surface area contributed by atoms with Gasteiger partial charge in [-0.2, -0.15) is 0 Å². The summed E-state index contributed by atoms with van der Waals surface area (Å²) in [5, 5.41) is 0. The van der Waals surface area contributed by atoms with Crippen molar-refractivity contribution in [3.63, 3.8) is 0 Å². The highest BCUT2D eigenvalue weighted by molar-refractivity contribution is 5.75. The minimum atomic E-state index is 0.259. The zero-order valence-electron chi connectivity index (χ0n) is 15.5. The smallest absolute Gasteiger partial charge is 0.130 e. The summed E-state index contributed by atoms with van der Waals surface area (Å²) in [7, 11) is 0. The van der Waals surface area contributed by atoms with Crippen LogP contribution in [0.5, 0.6) is 0 Å². The Morgan fingerprint density at radius 1 is 0.583 bits per heavy atom. The molecule has 24 heavy (non-hydrogen) atoms. The van der Waals surface area contributed by atoms with E-state index in [-0.39, 0.29) is 5.78 Å². The molecule has 132 valence electrons. The molecule has 0 aromatic carbocycles. The molecule has 1 nitrogen and oxygen atoms in total. The van der Waals surface area contributed by atoms with Crippen molar-refractivity contribution >= 4 is 5.78 Å². The molecule has 0 fully saturated rings. The van der Waals surface area contributed by atoms with Gasteiger partial charge in [-0.15, -0.1) is 0 Å². The van der Waals surface area contributed by atoms with Crippen LogP contribution in [0.4, 0.5) is 0 Å². The molecular formula is C23H34O. The topological polar surface area (TPSA) is 17.1 Å². The van der Waals surface area contributed by atoms with Crippen LogP contribution in [0.3, 0.4) is 0 Å². The van der Waals surface area contributed by atoms with E-state index in [1.54, 1.807) is 6.92 Å². The highest BCUT2D eigenvalue weighted by Crippen LogP contribution is 1.97. The van der Waals surface area contributed by atoms with Crippen molar-refractivity contribution in [1.82, 2.24) is 0 Å². The molecule has 0 radical (unpaired) electrons. The molecule has 0 spiro atoms. The van der Waals surface area contributed by atoms with Gasteiger partial charge in [0.1, 0.15) is 5.78 Å². The maximum absolute atomic E-state index is 10.8. The maximum atomic E-state index is 10.8. The van der Waals surface area contributed by atoms with Crippen molar-refractivity contribution < 1.29 is 4.79 Å². The minimum absolute atomic E-state index is 0.259. The quantitative estimate of drug-likeness (QED) is 0.312. The number of carbonyl (C=O) groups is 1. The summed E-state index contributed by atoms with van der Waals surface area (Å²) >= 11 is 0. The number of hydrogen-bond acceptors (Lipinski definition) is 1. The number of Topliss-reactive ketones (excluding diaryl/α,β-unsaturated/α-hetero) is 1. The maximum Gasteiger partial charge on any atom is 0.130 e. The summed E-state index contributed by atoms with van der Waals surface area (Å²) in [6.07, 6.45) is 33.9. The zero-order valence-corrected chi connectivity index (χ0v) is 15.5. The standard InChI is InChI=1S/C23H34O/c1-3-4-5-6-7-8-9-10-11-12-13-14-15-16-17-18-19-20-21-22-23(2)24/h4-5,7-8,10-11,13-14,16-17,19-20H,3,6,9,12,15,18,21-22H2,1-2H3. The first-order valence-electron chi connectivity index (χ1n) is 9.16. The molecule has 0 heterocycles. The Morgan fingerprint density at radius 3 is 1.25 bits per heavy atom. The number of hydrogen-bond donors (Lipinski definition) is 0. The van der Waals surface area contributed by atoms with Crippen LogP contribution in [-0.2, 0) is 4.79 Å². The van der Waals surface area contributed by atoms with Gasteiger partial charge >= 0.3 is 0 Å². The molecule has 0 aliphatic carbocycles. The summed E-state index contributed by atoms with van der Waals surface area (Å²) in [4.78, 5) is 10.8. The van der Waals surface area contributed by atoms with Gasteiger partial charge in [-0.05, 0) is 51.9 Å². The number of ketones is 1. The number of allylic oxidation sites excluding steroid dienone is 12. The van der Waals surface area contributed by atoms with E-state index in [1.807, 2.05) is 0 Å². The Morgan fingerprint density at radius 2 is 0.917 bits per heavy atom. The lowest BCUT2D eigenvalue weighted by Crippen LogP contribution is -1.85. The zero-order chi connectivity index (χ0) is 17.7. The highest BCUT2D eigenvalue weighted by Gasteiger charge is 1.87. The van der Waals surface area contributed by atoms with Gasteiger partial charge in [0.15, 0.2) is 0 Å². The van der Waals surface area contributed by atoms with Crippen LogP contribution >= 0.6 is 0 Å². The molecule has 0 aliphatic heterocycles. The van der Waals surface area contributed by atoms with E-state index >= 15 is 0 Å². The molecule has 0 amide bonds. The van der Waals surface area contributed by atoms with Gasteiger partial charge in [-0.25, -0.2) is 0 Å². The Hall–Kier alpha value is -1.89. The third-order valence-electron chi connectivity index (χ3n) is 3.26. The summed E-state index contributed by atoms with van der Waals surface area (Å²) < 4.78 is 0. The first-order chi connectivity index (χ1) is 11.8. The summed E-state index contributed by atoms with van der Waals surface area (Å²) in [6, 6.07) is 0. The summed E-state index contributed by atoms with van der Waals surface area (Å²) in [5.41, 5.74) is 0. The van der Waals surface area contributed by atoms with Crippen LogP contribution in [0.25, 0.3) is 0 Å². The second kappa shape index (κ2) is 19.2.